The summed E-state index contributed by atoms with van der Waals surface area (Å²) in [5.41, 5.74) is 0. The second-order valence-electron chi connectivity index (χ2n) is 3.09. The summed E-state index contributed by atoms with van der Waals surface area (Å²) < 4.78 is 38.3. The first-order valence-electron chi connectivity index (χ1n) is 4.87. The van der Waals surface area contributed by atoms with Crippen LogP contribution in [0.15, 0.2) is 23.4 Å². The lowest BCUT2D eigenvalue weighted by Crippen LogP contribution is -2.31. The van der Waals surface area contributed by atoms with E-state index in [1.54, 1.807) is 0 Å². The third-order valence-corrected chi connectivity index (χ3v) is 3.26. The molecule has 0 amide bonds. The molecule has 0 atom stereocenters. The van der Waals surface area contributed by atoms with Gasteiger partial charge in [0.05, 0.1) is 6.20 Å². The smallest absolute Gasteiger partial charge is 0.242 e. The zero-order chi connectivity index (χ0) is 12.0. The number of likely N-dealkylation sites (N-methyl/N-ethyl adjacent to an activating group) is 1. The Bertz CT molecular complexity index is 436. The van der Waals surface area contributed by atoms with Crippen LogP contribution in [0.2, 0.25) is 0 Å². The fraction of sp³-hybridized carbons (Fsp3) is 0.444. The summed E-state index contributed by atoms with van der Waals surface area (Å²) in [6.45, 7) is 3.47. The fourth-order valence-electron chi connectivity index (χ4n) is 1.07. The van der Waals surface area contributed by atoms with Crippen LogP contribution in [0.1, 0.15) is 6.92 Å². The molecule has 2 N–H and O–H groups in total. The largest absolute Gasteiger partial charge is 0.316 e. The van der Waals surface area contributed by atoms with Crippen LogP contribution in [0.3, 0.4) is 0 Å². The van der Waals surface area contributed by atoms with E-state index in [1.165, 1.54) is 0 Å². The van der Waals surface area contributed by atoms with Crippen molar-refractivity contribution in [2.24, 2.45) is 0 Å². The van der Waals surface area contributed by atoms with E-state index in [1.807, 2.05) is 6.92 Å². The van der Waals surface area contributed by atoms with Gasteiger partial charge in [0.2, 0.25) is 10.0 Å². The summed E-state index contributed by atoms with van der Waals surface area (Å²) in [5, 5.41) is 2.97. The van der Waals surface area contributed by atoms with Crippen molar-refractivity contribution < 1.29 is 12.8 Å². The number of nitrogens with one attached hydrogen (secondary N) is 2. The van der Waals surface area contributed by atoms with Gasteiger partial charge in [-0.2, -0.15) is 0 Å². The van der Waals surface area contributed by atoms with E-state index in [0.717, 1.165) is 25.0 Å². The summed E-state index contributed by atoms with van der Waals surface area (Å²) in [6.07, 6.45) is 2.07. The molecule has 0 bridgehead atoms. The molecular formula is C9H14FN3O2S. The van der Waals surface area contributed by atoms with Gasteiger partial charge in [0, 0.05) is 19.3 Å². The average Bonchev–Trinajstić information content (AvgIpc) is 2.24. The van der Waals surface area contributed by atoms with Crippen molar-refractivity contribution in [3.05, 3.63) is 24.3 Å². The predicted octanol–water partition coefficient (Wildman–Crippen LogP) is 0.109. The van der Waals surface area contributed by atoms with Gasteiger partial charge in [-0.05, 0) is 12.6 Å². The summed E-state index contributed by atoms with van der Waals surface area (Å²) in [5.74, 6) is -0.672. The summed E-state index contributed by atoms with van der Waals surface area (Å²) in [7, 11) is -3.66. The van der Waals surface area contributed by atoms with Gasteiger partial charge in [-0.25, -0.2) is 17.5 Å². The lowest BCUT2D eigenvalue weighted by atomic mass is 10.5. The molecule has 1 rings (SSSR count). The van der Waals surface area contributed by atoms with Gasteiger partial charge in [0.25, 0.3) is 0 Å². The molecule has 0 fully saturated rings. The highest BCUT2D eigenvalue weighted by Crippen LogP contribution is 2.07. The topological polar surface area (TPSA) is 71.1 Å². The molecule has 0 aliphatic heterocycles. The zero-order valence-electron chi connectivity index (χ0n) is 8.90. The van der Waals surface area contributed by atoms with Crippen LogP contribution in [0.25, 0.3) is 0 Å². The van der Waals surface area contributed by atoms with Crippen LogP contribution >= 0.6 is 0 Å². The fourth-order valence-corrected chi connectivity index (χ4v) is 2.08. The van der Waals surface area contributed by atoms with Crippen LogP contribution < -0.4 is 10.0 Å². The normalized spacial score (nSPS) is 11.6. The van der Waals surface area contributed by atoms with Gasteiger partial charge in [0.1, 0.15) is 10.7 Å². The van der Waals surface area contributed by atoms with E-state index in [9.17, 15) is 12.8 Å². The first-order chi connectivity index (χ1) is 7.56. The molecule has 7 heteroatoms. The predicted molar refractivity (Wildman–Crippen MR) is 57.9 cm³/mol. The van der Waals surface area contributed by atoms with Crippen molar-refractivity contribution >= 4 is 10.0 Å². The van der Waals surface area contributed by atoms with Crippen LogP contribution in [0.5, 0.6) is 0 Å². The van der Waals surface area contributed by atoms with Crippen LogP contribution in [0.4, 0.5) is 4.39 Å². The number of nitrogens with zero attached hydrogens (tertiary/aromatic N) is 1. The number of aromatic nitrogens is 1. The van der Waals surface area contributed by atoms with Crippen molar-refractivity contribution in [1.29, 1.82) is 0 Å². The van der Waals surface area contributed by atoms with Gasteiger partial charge < -0.3 is 5.32 Å². The lowest BCUT2D eigenvalue weighted by Gasteiger charge is -2.06. The number of hydrogen-bond donors (Lipinski definition) is 2. The molecule has 0 saturated carbocycles. The maximum Gasteiger partial charge on any atom is 0.242 e. The number of sulfonamides is 1. The Morgan fingerprint density at radius 2 is 2.12 bits per heavy atom. The number of halogens is 1. The highest BCUT2D eigenvalue weighted by Gasteiger charge is 2.14. The Hall–Kier alpha value is -1.05. The summed E-state index contributed by atoms with van der Waals surface area (Å²) in [6, 6.07) is 0.933. The van der Waals surface area contributed by atoms with Crippen LogP contribution in [0, 0.1) is 5.82 Å². The van der Waals surface area contributed by atoms with Crippen LogP contribution in [-0.2, 0) is 10.0 Å². The van der Waals surface area contributed by atoms with Gasteiger partial charge in [-0.1, -0.05) is 6.92 Å². The lowest BCUT2D eigenvalue weighted by molar-refractivity contribution is 0.572. The Balaban J connectivity index is 2.64. The van der Waals surface area contributed by atoms with Crippen molar-refractivity contribution in [3.8, 4) is 0 Å². The minimum Gasteiger partial charge on any atom is -0.316 e. The Labute approximate surface area is 94.1 Å². The molecule has 0 unspecified atom stereocenters. The zero-order valence-corrected chi connectivity index (χ0v) is 9.72. The molecule has 90 valence electrons. The molecule has 1 aromatic rings. The summed E-state index contributed by atoms with van der Waals surface area (Å²) >= 11 is 0. The minimum absolute atomic E-state index is 0.163. The molecule has 5 nitrogen and oxygen atoms in total. The number of rotatable bonds is 6. The maximum absolute atomic E-state index is 12.8. The molecule has 1 aromatic heterocycles. The first-order valence-corrected chi connectivity index (χ1v) is 6.35. The van der Waals surface area contributed by atoms with E-state index in [-0.39, 0.29) is 11.4 Å². The standard InChI is InChI=1S/C9H14FN3O2S/c1-2-11-3-4-13-16(14,15)9-5-8(10)6-12-7-9/h5-7,11,13H,2-4H2,1H3. The van der Waals surface area contributed by atoms with Crippen LogP contribution in [-0.4, -0.2) is 33.0 Å². The first kappa shape index (κ1) is 13.0. The molecular weight excluding hydrogens is 233 g/mol. The Morgan fingerprint density at radius 1 is 1.38 bits per heavy atom. The Morgan fingerprint density at radius 3 is 2.75 bits per heavy atom. The monoisotopic (exact) mass is 247 g/mol. The van der Waals surface area contributed by atoms with Crippen molar-refractivity contribution in [1.82, 2.24) is 15.0 Å². The minimum atomic E-state index is -3.66. The highest BCUT2D eigenvalue weighted by molar-refractivity contribution is 7.89. The molecule has 0 aromatic carbocycles. The molecule has 16 heavy (non-hydrogen) atoms. The van der Waals surface area contributed by atoms with Crippen molar-refractivity contribution in [2.75, 3.05) is 19.6 Å². The Kier molecular flexibility index (Phi) is 4.78. The van der Waals surface area contributed by atoms with Gasteiger partial charge in [-0.15, -0.1) is 0 Å². The average molecular weight is 247 g/mol. The molecule has 0 aliphatic carbocycles. The maximum atomic E-state index is 12.8. The highest BCUT2D eigenvalue weighted by atomic mass is 32.2. The van der Waals surface area contributed by atoms with E-state index in [0.29, 0.717) is 6.54 Å². The molecule has 1 heterocycles. The SMILES string of the molecule is CCNCCNS(=O)(=O)c1cncc(F)c1. The third-order valence-electron chi connectivity index (χ3n) is 1.83. The number of pyridine rings is 1. The molecule has 0 radical (unpaired) electrons. The number of hydrogen-bond acceptors (Lipinski definition) is 4. The third kappa shape index (κ3) is 3.84. The quantitative estimate of drug-likeness (QED) is 0.700. The van der Waals surface area contributed by atoms with Gasteiger partial charge in [-0.3, -0.25) is 4.98 Å². The summed E-state index contributed by atoms with van der Waals surface area (Å²) in [4.78, 5) is 3.32. The second kappa shape index (κ2) is 5.88. The molecule has 0 saturated heterocycles. The van der Waals surface area contributed by atoms with Gasteiger partial charge >= 0.3 is 0 Å². The van der Waals surface area contributed by atoms with Gasteiger partial charge in [0.15, 0.2) is 0 Å². The molecule has 0 aliphatic rings. The second-order valence-corrected chi connectivity index (χ2v) is 4.86. The van der Waals surface area contributed by atoms with Crippen molar-refractivity contribution in [3.63, 3.8) is 0 Å². The van der Waals surface area contributed by atoms with Crippen molar-refractivity contribution in [2.45, 2.75) is 11.8 Å². The molecule has 0 spiro atoms. The van der Waals surface area contributed by atoms with E-state index < -0.39 is 15.8 Å². The van der Waals surface area contributed by atoms with E-state index in [4.69, 9.17) is 0 Å². The van der Waals surface area contributed by atoms with E-state index >= 15 is 0 Å². The van der Waals surface area contributed by atoms with E-state index in [2.05, 4.69) is 15.0 Å².